The number of aliphatic hydroxyl groups excluding tert-OH is 2. The van der Waals surface area contributed by atoms with Crippen LogP contribution in [-0.2, 0) is 14.3 Å². The van der Waals surface area contributed by atoms with Crippen LogP contribution >= 0.6 is 0 Å². The molecule has 5 N–H and O–H groups in total. The second-order valence-corrected chi connectivity index (χ2v) is 3.20. The first kappa shape index (κ1) is 15.8. The van der Waals surface area contributed by atoms with E-state index in [1.807, 2.05) is 0 Å². The van der Waals surface area contributed by atoms with Gasteiger partial charge in [0.05, 0.1) is 7.11 Å². The molecule has 0 rings (SSSR count). The molecule has 0 aromatic heterocycles. The summed E-state index contributed by atoms with van der Waals surface area (Å²) in [6, 6.07) is 0. The van der Waals surface area contributed by atoms with E-state index in [1.54, 1.807) is 0 Å². The molecule has 0 aromatic carbocycles. The molecule has 0 spiro atoms. The lowest BCUT2D eigenvalue weighted by Gasteiger charge is -2.15. The Morgan fingerprint density at radius 2 is 1.88 bits per heavy atom. The van der Waals surface area contributed by atoms with Gasteiger partial charge in [0.2, 0.25) is 0 Å². The molecule has 1 radical (unpaired) electrons. The molecule has 99 valence electrons. The standard InChI is InChI=1S/C9H18N3O5/c1-17-9(16)7(14)6(13)8(15)12-5-4-11-3-2-10/h6-7,10-11,13-14H,2-5H2,1H3,(H,12,15). The van der Waals surface area contributed by atoms with Gasteiger partial charge in [0.1, 0.15) is 0 Å². The molecular formula is C9H18N3O5. The monoisotopic (exact) mass is 248 g/mol. The van der Waals surface area contributed by atoms with Gasteiger partial charge < -0.3 is 25.6 Å². The zero-order valence-electron chi connectivity index (χ0n) is 9.60. The van der Waals surface area contributed by atoms with E-state index in [4.69, 9.17) is 5.73 Å². The largest absolute Gasteiger partial charge is 0.467 e. The molecule has 0 saturated heterocycles. The number of nitrogens with one attached hydrogen (secondary N) is 3. The smallest absolute Gasteiger partial charge is 0.338 e. The minimum Gasteiger partial charge on any atom is -0.467 e. The lowest BCUT2D eigenvalue weighted by molar-refractivity contribution is -0.161. The molecule has 0 aliphatic rings. The normalized spacial score (nSPS) is 13.9. The van der Waals surface area contributed by atoms with Crippen molar-refractivity contribution in [1.82, 2.24) is 16.4 Å². The van der Waals surface area contributed by atoms with E-state index < -0.39 is 24.1 Å². The van der Waals surface area contributed by atoms with Gasteiger partial charge in [-0.1, -0.05) is 0 Å². The van der Waals surface area contributed by atoms with Crippen LogP contribution in [-0.4, -0.2) is 67.6 Å². The summed E-state index contributed by atoms with van der Waals surface area (Å²) in [4.78, 5) is 22.1. The summed E-state index contributed by atoms with van der Waals surface area (Å²) in [6.45, 7) is 1.40. The highest BCUT2D eigenvalue weighted by molar-refractivity contribution is 5.88. The third kappa shape index (κ3) is 6.17. The van der Waals surface area contributed by atoms with Crippen molar-refractivity contribution in [3.8, 4) is 0 Å². The summed E-state index contributed by atoms with van der Waals surface area (Å²) in [6.07, 6.45) is -3.74. The predicted octanol–water partition coefficient (Wildman–Crippen LogP) is -3.13. The molecule has 8 nitrogen and oxygen atoms in total. The van der Waals surface area contributed by atoms with Crippen LogP contribution in [0.1, 0.15) is 0 Å². The molecule has 17 heavy (non-hydrogen) atoms. The van der Waals surface area contributed by atoms with Crippen molar-refractivity contribution in [2.45, 2.75) is 12.2 Å². The van der Waals surface area contributed by atoms with Crippen LogP contribution in [0.5, 0.6) is 0 Å². The van der Waals surface area contributed by atoms with E-state index in [2.05, 4.69) is 15.4 Å². The summed E-state index contributed by atoms with van der Waals surface area (Å²) in [7, 11) is 1.04. The second kappa shape index (κ2) is 8.88. The van der Waals surface area contributed by atoms with Crippen molar-refractivity contribution in [3.05, 3.63) is 0 Å². The Morgan fingerprint density at radius 1 is 1.24 bits per heavy atom. The van der Waals surface area contributed by atoms with E-state index in [-0.39, 0.29) is 13.1 Å². The Labute approximate surface area is 99.1 Å². The Bertz CT molecular complexity index is 249. The van der Waals surface area contributed by atoms with Crippen LogP contribution in [0.4, 0.5) is 0 Å². The van der Waals surface area contributed by atoms with E-state index in [0.29, 0.717) is 13.1 Å². The molecule has 0 bridgehead atoms. The first-order valence-electron chi connectivity index (χ1n) is 5.11. The van der Waals surface area contributed by atoms with Gasteiger partial charge in [-0.05, 0) is 0 Å². The van der Waals surface area contributed by atoms with Crippen LogP contribution < -0.4 is 16.4 Å². The van der Waals surface area contributed by atoms with Crippen molar-refractivity contribution < 1.29 is 24.5 Å². The van der Waals surface area contributed by atoms with Crippen molar-refractivity contribution in [2.24, 2.45) is 0 Å². The van der Waals surface area contributed by atoms with E-state index in [1.165, 1.54) is 0 Å². The molecular weight excluding hydrogens is 230 g/mol. The Hall–Kier alpha value is -1.22. The quantitative estimate of drug-likeness (QED) is 0.265. The minimum atomic E-state index is -1.89. The molecule has 0 saturated carbocycles. The number of aliphatic hydroxyl groups is 2. The Kier molecular flexibility index (Phi) is 8.24. The number of carbonyl (C=O) groups excluding carboxylic acids is 2. The first-order valence-corrected chi connectivity index (χ1v) is 5.11. The summed E-state index contributed by atoms with van der Waals surface area (Å²) in [5.74, 6) is -1.92. The lowest BCUT2D eigenvalue weighted by atomic mass is 10.2. The van der Waals surface area contributed by atoms with Crippen molar-refractivity contribution in [2.75, 3.05) is 33.3 Å². The zero-order valence-corrected chi connectivity index (χ0v) is 9.60. The predicted molar refractivity (Wildman–Crippen MR) is 57.9 cm³/mol. The number of rotatable bonds is 8. The highest BCUT2D eigenvalue weighted by Crippen LogP contribution is 1.96. The Morgan fingerprint density at radius 3 is 2.41 bits per heavy atom. The van der Waals surface area contributed by atoms with Gasteiger partial charge in [0, 0.05) is 26.2 Å². The lowest BCUT2D eigenvalue weighted by Crippen LogP contribution is -2.47. The van der Waals surface area contributed by atoms with Crippen LogP contribution in [0.25, 0.3) is 0 Å². The van der Waals surface area contributed by atoms with Crippen LogP contribution in [0, 0.1) is 0 Å². The van der Waals surface area contributed by atoms with Gasteiger partial charge in [0.15, 0.2) is 12.2 Å². The number of esters is 1. The number of carbonyl (C=O) groups is 2. The summed E-state index contributed by atoms with van der Waals surface area (Å²) < 4.78 is 4.18. The fraction of sp³-hybridized carbons (Fsp3) is 0.778. The number of methoxy groups -OCH3 is 1. The van der Waals surface area contributed by atoms with E-state index in [9.17, 15) is 19.8 Å². The summed E-state index contributed by atoms with van der Waals surface area (Å²) in [5, 5.41) is 23.6. The SMILES string of the molecule is COC(=O)C(O)C(O)C(=O)NCCNCC[NH]. The van der Waals surface area contributed by atoms with E-state index >= 15 is 0 Å². The molecule has 2 unspecified atom stereocenters. The van der Waals surface area contributed by atoms with Gasteiger partial charge >= 0.3 is 5.97 Å². The fourth-order valence-electron chi connectivity index (χ4n) is 0.985. The third-order valence-corrected chi connectivity index (χ3v) is 1.91. The van der Waals surface area contributed by atoms with Gasteiger partial charge in [0.25, 0.3) is 5.91 Å². The molecule has 0 aromatic rings. The number of hydrogen-bond donors (Lipinski definition) is 4. The number of amides is 1. The topological polar surface area (TPSA) is 132 Å². The first-order chi connectivity index (χ1) is 8.04. The van der Waals surface area contributed by atoms with Gasteiger partial charge in [-0.25, -0.2) is 4.79 Å². The van der Waals surface area contributed by atoms with Crippen LogP contribution in [0.2, 0.25) is 0 Å². The molecule has 0 heterocycles. The van der Waals surface area contributed by atoms with Gasteiger partial charge in [-0.3, -0.25) is 10.5 Å². The highest BCUT2D eigenvalue weighted by Gasteiger charge is 2.30. The molecule has 0 fully saturated rings. The van der Waals surface area contributed by atoms with Gasteiger partial charge in [-0.2, -0.15) is 0 Å². The molecule has 1 amide bonds. The number of hydrogen-bond acceptors (Lipinski definition) is 6. The number of ether oxygens (including phenoxy) is 1. The zero-order chi connectivity index (χ0) is 13.3. The minimum absolute atomic E-state index is 0.226. The average molecular weight is 248 g/mol. The molecule has 0 aliphatic carbocycles. The van der Waals surface area contributed by atoms with Gasteiger partial charge in [-0.15, -0.1) is 0 Å². The molecule has 2 atom stereocenters. The Balaban J connectivity index is 3.85. The van der Waals surface area contributed by atoms with Crippen molar-refractivity contribution in [1.29, 1.82) is 0 Å². The molecule has 8 heteroatoms. The van der Waals surface area contributed by atoms with Crippen molar-refractivity contribution >= 4 is 11.9 Å². The van der Waals surface area contributed by atoms with E-state index in [0.717, 1.165) is 7.11 Å². The maximum absolute atomic E-state index is 11.2. The maximum atomic E-state index is 11.2. The summed E-state index contributed by atoms with van der Waals surface area (Å²) >= 11 is 0. The maximum Gasteiger partial charge on any atom is 0.338 e. The third-order valence-electron chi connectivity index (χ3n) is 1.91. The highest BCUT2D eigenvalue weighted by atomic mass is 16.5. The van der Waals surface area contributed by atoms with Crippen molar-refractivity contribution in [3.63, 3.8) is 0 Å². The van der Waals surface area contributed by atoms with Crippen LogP contribution in [0.15, 0.2) is 0 Å². The average Bonchev–Trinajstić information content (AvgIpc) is 2.35. The second-order valence-electron chi connectivity index (χ2n) is 3.20. The van der Waals surface area contributed by atoms with Crippen LogP contribution in [0.3, 0.4) is 0 Å². The summed E-state index contributed by atoms with van der Waals surface area (Å²) in [5.41, 5.74) is 6.84. The molecule has 0 aliphatic heterocycles. The fourth-order valence-corrected chi connectivity index (χ4v) is 0.985.